The zero-order chi connectivity index (χ0) is 44.2. The summed E-state index contributed by atoms with van der Waals surface area (Å²) in [6.07, 6.45) is 4.47. The van der Waals surface area contributed by atoms with E-state index in [9.17, 15) is 39.9 Å². The smallest absolute Gasteiger partial charge is 0.312 e. The van der Waals surface area contributed by atoms with Gasteiger partial charge in [-0.25, -0.2) is 0 Å². The van der Waals surface area contributed by atoms with Crippen molar-refractivity contribution in [3.8, 4) is 23.0 Å². The summed E-state index contributed by atoms with van der Waals surface area (Å²) in [5, 5.41) is 64.2. The number of oxime groups is 1. The number of aliphatic hydroxyl groups excluding tert-OH is 2. The standard InChI is InChI=1S/C45H54N2O13/c1-22-14-13-15-23(2)44(55)47-35-30(20-46-58-21-29-16-11-10-12-17-29)39(52)32-33(40(35)53)38(51)27(6)42-34(32)43(54)45(8,60-42)57-19-18-31(56-9)24(3)41(59-28(7)48)26(5)37(50)25(4)36(22)49/h10-20,22,24-26,31,36-37,41,49-53H,21H2,1-9H3,(H,47,55)/b14-13-,19-18-,23-15-,46-20-. The number of carbonyl (C=O) groups is 3. The van der Waals surface area contributed by atoms with Crippen LogP contribution in [0.15, 0.2) is 71.6 Å². The van der Waals surface area contributed by atoms with Crippen LogP contribution < -0.4 is 10.1 Å². The number of nitrogens with zero attached hydrogens (tertiary/aromatic N) is 1. The Morgan fingerprint density at radius 2 is 1.62 bits per heavy atom. The first-order valence-electron chi connectivity index (χ1n) is 19.6. The van der Waals surface area contributed by atoms with Gasteiger partial charge in [-0.1, -0.05) is 81.4 Å². The quantitative estimate of drug-likeness (QED) is 0.0528. The lowest BCUT2D eigenvalue weighted by atomic mass is 9.78. The molecule has 0 aliphatic carbocycles. The number of Topliss-reactive ketones (excluding diaryl/α,β-unsaturated/α-hetero) is 1. The summed E-state index contributed by atoms with van der Waals surface area (Å²) in [6.45, 7) is 12.4. The maximum absolute atomic E-state index is 14.4. The summed E-state index contributed by atoms with van der Waals surface area (Å²) in [6, 6.07) is 9.10. The van der Waals surface area contributed by atoms with Crippen LogP contribution in [0.2, 0.25) is 0 Å². The van der Waals surface area contributed by atoms with Crippen LogP contribution in [0.5, 0.6) is 23.0 Å². The number of rotatable bonds is 6. The molecular formula is C45H54N2O13. The van der Waals surface area contributed by atoms with Gasteiger partial charge in [0.2, 0.25) is 0 Å². The van der Waals surface area contributed by atoms with Gasteiger partial charge in [-0.2, -0.15) is 0 Å². The number of benzene rings is 3. The predicted molar refractivity (Wildman–Crippen MR) is 223 cm³/mol. The van der Waals surface area contributed by atoms with Crippen molar-refractivity contribution in [2.45, 2.75) is 92.2 Å². The Hall–Kier alpha value is -5.90. The van der Waals surface area contributed by atoms with Gasteiger partial charge in [-0.3, -0.25) is 14.4 Å². The third kappa shape index (κ3) is 8.98. The number of aromatic hydroxyl groups is 3. The Bertz CT molecular complexity index is 2230. The molecular weight excluding hydrogens is 776 g/mol. The van der Waals surface area contributed by atoms with Crippen molar-refractivity contribution < 1.29 is 63.7 Å². The Morgan fingerprint density at radius 3 is 2.27 bits per heavy atom. The number of fused-ring (bicyclic) bond motifs is 14. The number of nitrogens with one attached hydrogen (secondary N) is 1. The summed E-state index contributed by atoms with van der Waals surface area (Å²) in [5.41, 5.74) is 0.113. The van der Waals surface area contributed by atoms with Crippen molar-refractivity contribution >= 4 is 40.3 Å². The maximum atomic E-state index is 14.4. The number of hydrogen-bond acceptors (Lipinski definition) is 14. The van der Waals surface area contributed by atoms with Gasteiger partial charge in [0.25, 0.3) is 11.7 Å². The average molecular weight is 831 g/mol. The number of carbonyl (C=O) groups excluding carboxylic acids is 3. The second-order valence-corrected chi connectivity index (χ2v) is 15.6. The fourth-order valence-corrected chi connectivity index (χ4v) is 7.65. The Balaban J connectivity index is 1.69. The highest BCUT2D eigenvalue weighted by Crippen LogP contribution is 2.55. The fourth-order valence-electron chi connectivity index (χ4n) is 7.65. The number of methoxy groups -OCH3 is 1. The molecule has 0 radical (unpaired) electrons. The number of phenols is 3. The molecule has 6 rings (SSSR count). The number of amides is 1. The van der Waals surface area contributed by atoms with E-state index in [0.29, 0.717) is 0 Å². The average Bonchev–Trinajstić information content (AvgIpc) is 3.48. The van der Waals surface area contributed by atoms with Crippen LogP contribution in [0.25, 0.3) is 10.8 Å². The predicted octanol–water partition coefficient (Wildman–Crippen LogP) is 6.30. The minimum absolute atomic E-state index is 0.0270. The Labute approximate surface area is 348 Å². The molecule has 0 saturated heterocycles. The molecule has 3 aromatic carbocycles. The lowest BCUT2D eigenvalue weighted by molar-refractivity contribution is -0.160. The molecule has 0 spiro atoms. The molecule has 1 amide bonds. The lowest BCUT2D eigenvalue weighted by Crippen LogP contribution is -2.46. The maximum Gasteiger partial charge on any atom is 0.312 e. The minimum Gasteiger partial charge on any atom is -0.507 e. The molecule has 0 saturated carbocycles. The fraction of sp³-hybridized carbons (Fsp3) is 0.422. The molecule has 3 heterocycles. The van der Waals surface area contributed by atoms with Gasteiger partial charge in [-0.15, -0.1) is 0 Å². The number of hydrogen-bond donors (Lipinski definition) is 6. The molecule has 15 heteroatoms. The summed E-state index contributed by atoms with van der Waals surface area (Å²) in [4.78, 5) is 45.9. The van der Waals surface area contributed by atoms with Gasteiger partial charge in [0.1, 0.15) is 30.0 Å². The first-order valence-corrected chi connectivity index (χ1v) is 19.6. The van der Waals surface area contributed by atoms with Crippen molar-refractivity contribution in [2.24, 2.45) is 28.8 Å². The molecule has 0 aromatic heterocycles. The number of aliphatic hydroxyl groups is 2. The van der Waals surface area contributed by atoms with E-state index in [1.165, 1.54) is 53.2 Å². The molecule has 0 fully saturated rings. The van der Waals surface area contributed by atoms with Crippen molar-refractivity contribution in [1.29, 1.82) is 0 Å². The highest BCUT2D eigenvalue weighted by atomic mass is 16.7. The summed E-state index contributed by atoms with van der Waals surface area (Å²) >= 11 is 0. The first-order chi connectivity index (χ1) is 28.3. The van der Waals surface area contributed by atoms with Crippen LogP contribution in [-0.4, -0.2) is 86.7 Å². The first kappa shape index (κ1) is 45.2. The number of ketones is 1. The summed E-state index contributed by atoms with van der Waals surface area (Å²) < 4.78 is 23.5. The van der Waals surface area contributed by atoms with Crippen molar-refractivity contribution in [1.82, 2.24) is 0 Å². The van der Waals surface area contributed by atoms with E-state index in [1.807, 2.05) is 30.3 Å². The second kappa shape index (κ2) is 18.6. The van der Waals surface area contributed by atoms with Gasteiger partial charge >= 0.3 is 11.8 Å². The number of allylic oxidation sites excluding steroid dienone is 2. The van der Waals surface area contributed by atoms with E-state index in [0.717, 1.165) is 11.8 Å². The number of phenolic OH excluding ortho intramolecular Hbond substituents is 3. The van der Waals surface area contributed by atoms with E-state index in [-0.39, 0.29) is 51.1 Å². The van der Waals surface area contributed by atoms with E-state index >= 15 is 0 Å². The molecule has 60 heavy (non-hydrogen) atoms. The van der Waals surface area contributed by atoms with Gasteiger partial charge in [0.05, 0.1) is 53.0 Å². The lowest BCUT2D eigenvalue weighted by Gasteiger charge is -2.38. The molecule has 6 N–H and O–H groups in total. The van der Waals surface area contributed by atoms with Gasteiger partial charge in [0, 0.05) is 61.2 Å². The van der Waals surface area contributed by atoms with Crippen LogP contribution in [-0.2, 0) is 35.2 Å². The van der Waals surface area contributed by atoms with Crippen LogP contribution in [0.3, 0.4) is 0 Å². The molecule has 5 bridgehead atoms. The monoisotopic (exact) mass is 830 g/mol. The SMILES string of the molecule is COC1/C=C\OC2(C)Oc3c(C)c(O)c4c(O)c(c(/C=N\OCc5ccccc5)c(O)c4c3C2=O)NC(=O)/C(C)=C\C=C/C(C)C(O)C(C)C(O)C(C)C(OC(C)=O)C1C. The number of anilines is 1. The number of ether oxygens (including phenoxy) is 4. The third-order valence-electron chi connectivity index (χ3n) is 11.4. The second-order valence-electron chi connectivity index (χ2n) is 15.6. The topological polar surface area (TPSA) is 223 Å². The Kier molecular flexibility index (Phi) is 14.0. The van der Waals surface area contributed by atoms with Gasteiger partial charge in [0.15, 0.2) is 5.75 Å². The highest BCUT2D eigenvalue weighted by Gasteiger charge is 2.50. The van der Waals surface area contributed by atoms with E-state index in [1.54, 1.807) is 39.8 Å². The summed E-state index contributed by atoms with van der Waals surface area (Å²) in [5.74, 6) is -8.73. The van der Waals surface area contributed by atoms with E-state index in [4.69, 9.17) is 23.8 Å². The van der Waals surface area contributed by atoms with Gasteiger partial charge in [-0.05, 0) is 25.5 Å². The largest absolute Gasteiger partial charge is 0.507 e. The van der Waals surface area contributed by atoms with E-state index in [2.05, 4.69) is 10.5 Å². The van der Waals surface area contributed by atoms with Crippen molar-refractivity contribution in [2.75, 3.05) is 12.4 Å². The Morgan fingerprint density at radius 1 is 0.933 bits per heavy atom. The van der Waals surface area contributed by atoms with Crippen LogP contribution >= 0.6 is 0 Å². The van der Waals surface area contributed by atoms with Crippen molar-refractivity contribution in [3.63, 3.8) is 0 Å². The van der Waals surface area contributed by atoms with Crippen LogP contribution in [0.4, 0.5) is 5.69 Å². The molecule has 15 nitrogen and oxygen atoms in total. The highest BCUT2D eigenvalue weighted by molar-refractivity contribution is 6.23. The molecule has 3 aromatic rings. The minimum atomic E-state index is -2.07. The molecule has 3 aliphatic rings. The van der Waals surface area contributed by atoms with Crippen LogP contribution in [0.1, 0.15) is 75.5 Å². The van der Waals surface area contributed by atoms with Gasteiger partial charge < -0.3 is 54.6 Å². The molecule has 9 atom stereocenters. The summed E-state index contributed by atoms with van der Waals surface area (Å²) in [7, 11) is 1.43. The normalized spacial score (nSPS) is 29.7. The molecule has 3 aliphatic heterocycles. The van der Waals surface area contributed by atoms with Crippen LogP contribution in [0, 0.1) is 30.6 Å². The zero-order valence-electron chi connectivity index (χ0n) is 35.1. The van der Waals surface area contributed by atoms with Crippen molar-refractivity contribution in [3.05, 3.63) is 88.7 Å². The molecule has 322 valence electrons. The zero-order valence-corrected chi connectivity index (χ0v) is 35.1. The molecule has 9 unspecified atom stereocenters. The third-order valence-corrected chi connectivity index (χ3v) is 11.4. The van der Waals surface area contributed by atoms with E-state index < -0.39 is 88.8 Å². The number of esters is 1.